The van der Waals surface area contributed by atoms with Crippen LogP contribution < -0.4 is 0 Å². The zero-order valence-corrected chi connectivity index (χ0v) is 16.3. The quantitative estimate of drug-likeness (QED) is 0.245. The molecule has 0 spiro atoms. The molecule has 4 aromatic carbocycles. The van der Waals surface area contributed by atoms with Crippen LogP contribution in [0.25, 0.3) is 49.4 Å². The first-order valence-corrected chi connectivity index (χ1v) is 9.44. The molecule has 0 amide bonds. The van der Waals surface area contributed by atoms with E-state index in [9.17, 15) is 0 Å². The van der Waals surface area contributed by atoms with Crippen LogP contribution >= 0.6 is 27.5 Å². The molecule has 0 aliphatic heterocycles. The lowest BCUT2D eigenvalue weighted by Crippen LogP contribution is -1.93. The molecular formula is C24H13BrClNO. The van der Waals surface area contributed by atoms with Gasteiger partial charge in [0.25, 0.3) is 0 Å². The maximum Gasteiger partial charge on any atom is 0.160 e. The predicted octanol–water partition coefficient (Wildman–Crippen LogP) is 8.10. The van der Waals surface area contributed by atoms with Crippen molar-refractivity contribution in [3.63, 3.8) is 0 Å². The van der Waals surface area contributed by atoms with Crippen LogP contribution in [0.3, 0.4) is 0 Å². The van der Waals surface area contributed by atoms with E-state index < -0.39 is 0 Å². The van der Waals surface area contributed by atoms with E-state index in [0.29, 0.717) is 5.39 Å². The molecule has 2 heterocycles. The highest BCUT2D eigenvalue weighted by Gasteiger charge is 2.19. The summed E-state index contributed by atoms with van der Waals surface area (Å²) in [5.41, 5.74) is 0.344. The lowest BCUT2D eigenvalue weighted by atomic mass is 10.1. The number of fused-ring (bicyclic) bond motifs is 7. The molecule has 0 unspecified atom stereocenters. The molecule has 134 valence electrons. The number of para-hydroxylation sites is 1. The Morgan fingerprint density at radius 3 is 2.71 bits per heavy atom. The molecule has 0 aliphatic rings. The minimum absolute atomic E-state index is 0.0238. The molecule has 0 radical (unpaired) electrons. The Morgan fingerprint density at radius 2 is 1.79 bits per heavy atom. The summed E-state index contributed by atoms with van der Waals surface area (Å²) >= 11 is 9.50. The number of benzene rings is 4. The first kappa shape index (κ1) is 9.64. The van der Waals surface area contributed by atoms with Gasteiger partial charge in [-0.1, -0.05) is 57.8 Å². The summed E-state index contributed by atoms with van der Waals surface area (Å²) in [5.74, 6) is 0. The Kier molecular flexibility index (Phi) is 2.02. The second-order valence-corrected chi connectivity index (χ2v) is 7.36. The van der Waals surface area contributed by atoms with E-state index in [4.69, 9.17) is 28.4 Å². The van der Waals surface area contributed by atoms with Gasteiger partial charge in [-0.2, -0.15) is 0 Å². The first-order chi connectivity index (χ1) is 17.4. The molecule has 0 N–H and O–H groups in total. The summed E-state index contributed by atoms with van der Waals surface area (Å²) in [4.78, 5) is 0. The number of rotatable bonds is 1. The number of nitrogens with zero attached hydrogens (tertiary/aromatic N) is 1. The highest BCUT2D eigenvalue weighted by molar-refractivity contribution is 9.10. The van der Waals surface area contributed by atoms with Gasteiger partial charge in [0.2, 0.25) is 0 Å². The molecule has 28 heavy (non-hydrogen) atoms. The first-order valence-electron chi connectivity index (χ1n) is 12.8. The SMILES string of the molecule is [2H]c1cc([2H])c2oc3c(c([2H])c([2H])c4c5c([2H])c(Cl)cc([2H])c5n(-c5c([2H])cc([2H])c(Br)c5[2H])c34)c2c1. The second kappa shape index (κ2) is 5.87. The number of halogens is 2. The Labute approximate surface area is 186 Å². The third-order valence-electron chi connectivity index (χ3n) is 4.60. The number of hydrogen-bond donors (Lipinski definition) is 0. The van der Waals surface area contributed by atoms with E-state index in [2.05, 4.69) is 15.9 Å². The van der Waals surface area contributed by atoms with Crippen LogP contribution in [0.4, 0.5) is 0 Å². The minimum atomic E-state index is -0.291. The van der Waals surface area contributed by atoms with Gasteiger partial charge in [0.15, 0.2) is 5.58 Å². The van der Waals surface area contributed by atoms with Crippen LogP contribution in [0.5, 0.6) is 0 Å². The van der Waals surface area contributed by atoms with Crippen molar-refractivity contribution in [1.29, 1.82) is 0 Å². The van der Waals surface area contributed by atoms with Crippen molar-refractivity contribution in [2.75, 3.05) is 0 Å². The minimum Gasteiger partial charge on any atom is -0.454 e. The second-order valence-electron chi connectivity index (χ2n) is 6.16. The third kappa shape index (κ3) is 2.20. The fourth-order valence-electron chi connectivity index (χ4n) is 3.48. The van der Waals surface area contributed by atoms with E-state index in [-0.39, 0.29) is 108 Å². The van der Waals surface area contributed by atoms with Crippen LogP contribution in [0.15, 0.2) is 87.5 Å². The summed E-state index contributed by atoms with van der Waals surface area (Å²) in [6, 6.07) is 3.78. The van der Waals surface area contributed by atoms with E-state index >= 15 is 0 Å². The summed E-state index contributed by atoms with van der Waals surface area (Å²) in [7, 11) is 0. The Morgan fingerprint density at radius 1 is 0.893 bits per heavy atom. The molecule has 6 rings (SSSR count). The molecule has 2 aromatic heterocycles. The average Bonchev–Trinajstić information content (AvgIpc) is 3.37. The Bertz CT molecular complexity index is 2010. The van der Waals surface area contributed by atoms with Crippen molar-refractivity contribution in [3.8, 4) is 5.69 Å². The van der Waals surface area contributed by atoms with E-state index in [1.54, 1.807) is 0 Å². The normalized spacial score (nSPS) is 16.4. The predicted molar refractivity (Wildman–Crippen MR) is 121 cm³/mol. The molecule has 2 nitrogen and oxygen atoms in total. The van der Waals surface area contributed by atoms with Crippen molar-refractivity contribution < 1.29 is 16.8 Å². The summed E-state index contributed by atoms with van der Waals surface area (Å²) in [5, 5.41) is 0.581. The van der Waals surface area contributed by atoms with Gasteiger partial charge in [-0.15, -0.1) is 0 Å². The lowest BCUT2D eigenvalue weighted by molar-refractivity contribution is 0.671. The standard InChI is InChI=1S/C24H13BrClNO/c25-14-4-3-5-16(12-14)27-21-11-8-15(26)13-20(21)18-9-10-19-17-6-1-2-7-22(17)28-24(19)23(18)27/h1-13H/i1D,4D,5D,7D,9D,10D,11D,12D,13D. The molecule has 0 saturated heterocycles. The third-order valence-corrected chi connectivity index (χ3v) is 5.23. The average molecular weight is 456 g/mol. The van der Waals surface area contributed by atoms with Crippen LogP contribution in [0.2, 0.25) is 5.02 Å². The maximum atomic E-state index is 8.91. The van der Waals surface area contributed by atoms with Crippen molar-refractivity contribution in [1.82, 2.24) is 4.57 Å². The fraction of sp³-hybridized carbons (Fsp3) is 0. The summed E-state index contributed by atoms with van der Waals surface area (Å²) in [6.45, 7) is 0. The number of furan rings is 1. The Hall–Kier alpha value is -2.75. The van der Waals surface area contributed by atoms with Gasteiger partial charge >= 0.3 is 0 Å². The van der Waals surface area contributed by atoms with E-state index in [0.717, 1.165) is 0 Å². The van der Waals surface area contributed by atoms with Gasteiger partial charge in [0.1, 0.15) is 5.58 Å². The molecule has 4 heteroatoms. The topological polar surface area (TPSA) is 18.1 Å². The van der Waals surface area contributed by atoms with Crippen molar-refractivity contribution in [2.24, 2.45) is 0 Å². The zero-order chi connectivity index (χ0) is 26.7. The Balaban J connectivity index is 2.04. The monoisotopic (exact) mass is 454 g/mol. The lowest BCUT2D eigenvalue weighted by Gasteiger charge is -2.08. The van der Waals surface area contributed by atoms with Crippen molar-refractivity contribution >= 4 is 71.3 Å². The van der Waals surface area contributed by atoms with E-state index in [1.807, 2.05) is 0 Å². The highest BCUT2D eigenvalue weighted by Crippen LogP contribution is 2.40. The van der Waals surface area contributed by atoms with Crippen LogP contribution in [0.1, 0.15) is 12.3 Å². The zero-order valence-electron chi connectivity index (χ0n) is 22.9. The van der Waals surface area contributed by atoms with Crippen LogP contribution in [0, 0.1) is 0 Å². The highest BCUT2D eigenvalue weighted by atomic mass is 79.9. The molecule has 0 bridgehead atoms. The molecule has 0 fully saturated rings. The molecule has 0 aliphatic carbocycles. The van der Waals surface area contributed by atoms with Gasteiger partial charge in [0, 0.05) is 36.7 Å². The van der Waals surface area contributed by atoms with Gasteiger partial charge in [-0.05, 0) is 48.4 Å². The molecule has 0 atom stereocenters. The van der Waals surface area contributed by atoms with Gasteiger partial charge in [-0.3, -0.25) is 0 Å². The van der Waals surface area contributed by atoms with Gasteiger partial charge in [0.05, 0.1) is 23.4 Å². The fourth-order valence-corrected chi connectivity index (χ4v) is 3.93. The number of aromatic nitrogens is 1. The maximum absolute atomic E-state index is 8.91. The molecule has 6 aromatic rings. The van der Waals surface area contributed by atoms with Crippen LogP contribution in [-0.2, 0) is 0 Å². The summed E-state index contributed by atoms with van der Waals surface area (Å²) < 4.78 is 84.5. The summed E-state index contributed by atoms with van der Waals surface area (Å²) in [6.07, 6.45) is 0. The molecule has 0 saturated carbocycles. The molecular weight excluding hydrogens is 434 g/mol. The van der Waals surface area contributed by atoms with Gasteiger partial charge < -0.3 is 8.98 Å². The smallest absolute Gasteiger partial charge is 0.160 e. The van der Waals surface area contributed by atoms with E-state index in [1.165, 1.54) is 28.8 Å². The van der Waals surface area contributed by atoms with Crippen LogP contribution in [-0.4, -0.2) is 4.57 Å². The van der Waals surface area contributed by atoms with Crippen molar-refractivity contribution in [2.45, 2.75) is 0 Å². The van der Waals surface area contributed by atoms with Crippen molar-refractivity contribution in [3.05, 3.63) is 88.1 Å². The van der Waals surface area contributed by atoms with Gasteiger partial charge in [-0.25, -0.2) is 0 Å². The number of hydrogen-bond acceptors (Lipinski definition) is 1. The largest absolute Gasteiger partial charge is 0.454 e.